The summed E-state index contributed by atoms with van der Waals surface area (Å²) in [7, 11) is 0. The van der Waals surface area contributed by atoms with Gasteiger partial charge in [-0.3, -0.25) is 9.78 Å². The highest BCUT2D eigenvalue weighted by molar-refractivity contribution is 9.10. The highest BCUT2D eigenvalue weighted by Gasteiger charge is 2.06. The summed E-state index contributed by atoms with van der Waals surface area (Å²) in [5.74, 6) is 1.45. The molecule has 2 heterocycles. The minimum absolute atomic E-state index is 0.162. The van der Waals surface area contributed by atoms with E-state index in [0.29, 0.717) is 11.5 Å². The van der Waals surface area contributed by atoms with Crippen molar-refractivity contribution in [2.75, 3.05) is 5.43 Å². The first-order chi connectivity index (χ1) is 11.1. The SMILES string of the molecule is Cc1nnc(N/N=C\c2ccc(-c3ccccc3Br)o2)[nH]c1=O. The lowest BCUT2D eigenvalue weighted by Crippen LogP contribution is -2.15. The Bertz CT molecular complexity index is 916. The molecule has 2 N–H and O–H groups in total. The minimum Gasteiger partial charge on any atom is -0.455 e. The zero-order valence-electron chi connectivity index (χ0n) is 12.1. The number of benzene rings is 1. The van der Waals surface area contributed by atoms with E-state index in [2.05, 4.69) is 41.6 Å². The Morgan fingerprint density at radius 2 is 2.09 bits per heavy atom. The molecule has 3 rings (SSSR count). The number of furan rings is 1. The number of hydrogen-bond donors (Lipinski definition) is 2. The topological polar surface area (TPSA) is 96.2 Å². The van der Waals surface area contributed by atoms with E-state index < -0.39 is 0 Å². The number of halogens is 1. The van der Waals surface area contributed by atoms with Gasteiger partial charge in [-0.05, 0) is 25.1 Å². The minimum atomic E-state index is -0.313. The van der Waals surface area contributed by atoms with Gasteiger partial charge >= 0.3 is 0 Å². The molecule has 2 aromatic heterocycles. The Morgan fingerprint density at radius 3 is 2.87 bits per heavy atom. The van der Waals surface area contributed by atoms with E-state index in [0.717, 1.165) is 15.8 Å². The van der Waals surface area contributed by atoms with Crippen molar-refractivity contribution in [3.63, 3.8) is 0 Å². The zero-order chi connectivity index (χ0) is 16.2. The van der Waals surface area contributed by atoms with Crippen molar-refractivity contribution in [1.29, 1.82) is 0 Å². The van der Waals surface area contributed by atoms with E-state index in [4.69, 9.17) is 4.42 Å². The predicted molar refractivity (Wildman–Crippen MR) is 90.5 cm³/mol. The quantitative estimate of drug-likeness (QED) is 0.541. The van der Waals surface area contributed by atoms with Crippen LogP contribution in [0, 0.1) is 6.92 Å². The molecular formula is C15H12BrN5O2. The maximum Gasteiger partial charge on any atom is 0.274 e. The average Bonchev–Trinajstić information content (AvgIpc) is 3.00. The number of aryl methyl sites for hydroxylation is 1. The van der Waals surface area contributed by atoms with Crippen molar-refractivity contribution < 1.29 is 4.42 Å². The van der Waals surface area contributed by atoms with Gasteiger partial charge in [0, 0.05) is 10.0 Å². The maximum atomic E-state index is 11.4. The number of hydrogen-bond acceptors (Lipinski definition) is 6. The van der Waals surface area contributed by atoms with Crippen LogP contribution in [0.5, 0.6) is 0 Å². The van der Waals surface area contributed by atoms with Gasteiger partial charge in [0.2, 0.25) is 5.95 Å². The standard InChI is InChI=1S/C15H12BrN5O2/c1-9-14(22)18-15(21-19-9)20-17-8-10-6-7-13(23-10)11-4-2-3-5-12(11)16/h2-8H,1H3,(H2,18,20,21,22)/b17-8-. The molecule has 23 heavy (non-hydrogen) atoms. The van der Waals surface area contributed by atoms with E-state index in [1.165, 1.54) is 6.21 Å². The fourth-order valence-corrected chi connectivity index (χ4v) is 2.31. The highest BCUT2D eigenvalue weighted by atomic mass is 79.9. The van der Waals surface area contributed by atoms with Gasteiger partial charge in [-0.1, -0.05) is 34.1 Å². The molecule has 0 radical (unpaired) electrons. The van der Waals surface area contributed by atoms with Crippen molar-refractivity contribution in [2.45, 2.75) is 6.92 Å². The van der Waals surface area contributed by atoms with E-state index in [1.807, 2.05) is 30.3 Å². The molecule has 0 amide bonds. The van der Waals surface area contributed by atoms with Crippen molar-refractivity contribution in [3.05, 3.63) is 62.7 Å². The van der Waals surface area contributed by atoms with Gasteiger partial charge < -0.3 is 4.42 Å². The van der Waals surface area contributed by atoms with Crippen molar-refractivity contribution >= 4 is 28.1 Å². The van der Waals surface area contributed by atoms with Gasteiger partial charge in [-0.25, -0.2) is 5.43 Å². The number of aromatic amines is 1. The number of H-pyrrole nitrogens is 1. The molecule has 7 nitrogen and oxygen atoms in total. The van der Waals surface area contributed by atoms with Crippen LogP contribution in [-0.2, 0) is 0 Å². The maximum absolute atomic E-state index is 11.4. The number of anilines is 1. The fraction of sp³-hybridized carbons (Fsp3) is 0.0667. The Kier molecular flexibility index (Phi) is 4.33. The first kappa shape index (κ1) is 15.2. The molecule has 8 heteroatoms. The van der Waals surface area contributed by atoms with Crippen LogP contribution in [0.3, 0.4) is 0 Å². The molecule has 0 unspecified atom stereocenters. The number of hydrazone groups is 1. The molecule has 0 fully saturated rings. The van der Waals surface area contributed by atoms with E-state index in [-0.39, 0.29) is 11.5 Å². The summed E-state index contributed by atoms with van der Waals surface area (Å²) >= 11 is 3.48. The highest BCUT2D eigenvalue weighted by Crippen LogP contribution is 2.28. The smallest absolute Gasteiger partial charge is 0.274 e. The molecule has 0 saturated carbocycles. The Labute approximate surface area is 139 Å². The van der Waals surface area contributed by atoms with Gasteiger partial charge in [-0.2, -0.15) is 5.10 Å². The summed E-state index contributed by atoms with van der Waals surface area (Å²) < 4.78 is 6.65. The lowest BCUT2D eigenvalue weighted by molar-refractivity contribution is 0.574. The second-order valence-electron chi connectivity index (χ2n) is 4.64. The molecule has 0 saturated heterocycles. The molecule has 1 aromatic carbocycles. The molecular weight excluding hydrogens is 362 g/mol. The molecule has 0 aliphatic carbocycles. The van der Waals surface area contributed by atoms with Crippen LogP contribution >= 0.6 is 15.9 Å². The van der Waals surface area contributed by atoms with E-state index in [9.17, 15) is 4.79 Å². The Hall–Kier alpha value is -2.74. The first-order valence-corrected chi connectivity index (χ1v) is 7.50. The van der Waals surface area contributed by atoms with Crippen LogP contribution in [0.2, 0.25) is 0 Å². The zero-order valence-corrected chi connectivity index (χ0v) is 13.7. The molecule has 0 aliphatic heterocycles. The lowest BCUT2D eigenvalue weighted by Gasteiger charge is -1.99. The fourth-order valence-electron chi connectivity index (χ4n) is 1.83. The number of nitrogens with one attached hydrogen (secondary N) is 2. The Morgan fingerprint density at radius 1 is 1.26 bits per heavy atom. The summed E-state index contributed by atoms with van der Waals surface area (Å²) in [6.45, 7) is 1.57. The van der Waals surface area contributed by atoms with E-state index >= 15 is 0 Å². The van der Waals surface area contributed by atoms with Crippen molar-refractivity contribution in [3.8, 4) is 11.3 Å². The second kappa shape index (κ2) is 6.57. The van der Waals surface area contributed by atoms with Crippen LogP contribution in [0.4, 0.5) is 5.95 Å². The number of rotatable bonds is 4. The van der Waals surface area contributed by atoms with E-state index in [1.54, 1.807) is 13.0 Å². The Balaban J connectivity index is 1.73. The van der Waals surface area contributed by atoms with Crippen molar-refractivity contribution in [2.24, 2.45) is 5.10 Å². The molecule has 0 bridgehead atoms. The van der Waals surface area contributed by atoms with Crippen LogP contribution in [0.1, 0.15) is 11.5 Å². The third-order valence-corrected chi connectivity index (χ3v) is 3.68. The third kappa shape index (κ3) is 3.54. The molecule has 0 aliphatic rings. The normalized spacial score (nSPS) is 11.0. The summed E-state index contributed by atoms with van der Waals surface area (Å²) in [5.41, 5.74) is 3.53. The monoisotopic (exact) mass is 373 g/mol. The second-order valence-corrected chi connectivity index (χ2v) is 5.49. The van der Waals surface area contributed by atoms with Crippen LogP contribution in [-0.4, -0.2) is 21.4 Å². The van der Waals surface area contributed by atoms with Gasteiger partial charge in [0.15, 0.2) is 0 Å². The average molecular weight is 374 g/mol. The predicted octanol–water partition coefficient (Wildman–Crippen LogP) is 2.94. The summed E-state index contributed by atoms with van der Waals surface area (Å²) in [5, 5.41) is 11.4. The third-order valence-electron chi connectivity index (χ3n) is 2.99. The summed E-state index contributed by atoms with van der Waals surface area (Å²) in [6, 6.07) is 11.4. The van der Waals surface area contributed by atoms with Gasteiger partial charge in [0.05, 0.1) is 6.21 Å². The van der Waals surface area contributed by atoms with Gasteiger partial charge in [0.25, 0.3) is 5.56 Å². The molecule has 116 valence electrons. The van der Waals surface area contributed by atoms with Crippen LogP contribution in [0.15, 0.2) is 55.2 Å². The first-order valence-electron chi connectivity index (χ1n) is 6.71. The van der Waals surface area contributed by atoms with Gasteiger partial charge in [-0.15, -0.1) is 10.2 Å². The van der Waals surface area contributed by atoms with Gasteiger partial charge in [0.1, 0.15) is 17.2 Å². The summed E-state index contributed by atoms with van der Waals surface area (Å²) in [6.07, 6.45) is 1.49. The largest absolute Gasteiger partial charge is 0.455 e. The summed E-state index contributed by atoms with van der Waals surface area (Å²) in [4.78, 5) is 13.9. The van der Waals surface area contributed by atoms with Crippen LogP contribution in [0.25, 0.3) is 11.3 Å². The molecule has 0 spiro atoms. The number of nitrogens with zero attached hydrogens (tertiary/aromatic N) is 3. The number of aromatic nitrogens is 3. The van der Waals surface area contributed by atoms with Crippen LogP contribution < -0.4 is 11.0 Å². The molecule has 3 aromatic rings. The van der Waals surface area contributed by atoms with Crippen molar-refractivity contribution in [1.82, 2.24) is 15.2 Å². The molecule has 0 atom stereocenters. The lowest BCUT2D eigenvalue weighted by atomic mass is 10.2.